The van der Waals surface area contributed by atoms with E-state index in [1.165, 1.54) is 11.3 Å². The highest BCUT2D eigenvalue weighted by Crippen LogP contribution is 2.19. The first-order valence-corrected chi connectivity index (χ1v) is 6.07. The third kappa shape index (κ3) is 3.21. The lowest BCUT2D eigenvalue weighted by atomic mass is 10.1. The minimum atomic E-state index is -0.122. The molecule has 1 aromatic rings. The SMILES string of the molecule is COCC(NC(=O)c1sccc1N)C(C)C. The maximum atomic E-state index is 11.9. The molecule has 4 nitrogen and oxygen atoms in total. The van der Waals surface area contributed by atoms with Gasteiger partial charge in [-0.15, -0.1) is 11.3 Å². The first-order valence-electron chi connectivity index (χ1n) is 5.19. The number of hydrogen-bond donors (Lipinski definition) is 2. The monoisotopic (exact) mass is 242 g/mol. The van der Waals surface area contributed by atoms with Gasteiger partial charge in [0, 0.05) is 7.11 Å². The standard InChI is InChI=1S/C11H18N2O2S/c1-7(2)9(6-15-3)13-11(14)10-8(12)4-5-16-10/h4-5,7,9H,6,12H2,1-3H3,(H,13,14). The molecule has 0 aliphatic heterocycles. The Hall–Kier alpha value is -1.07. The molecule has 1 amide bonds. The number of hydrogen-bond acceptors (Lipinski definition) is 4. The molecule has 90 valence electrons. The lowest BCUT2D eigenvalue weighted by molar-refractivity contribution is 0.0871. The summed E-state index contributed by atoms with van der Waals surface area (Å²) in [6.45, 7) is 4.60. The van der Waals surface area contributed by atoms with Crippen molar-refractivity contribution in [2.75, 3.05) is 19.5 Å². The lowest BCUT2D eigenvalue weighted by Gasteiger charge is -2.21. The van der Waals surface area contributed by atoms with Gasteiger partial charge in [0.2, 0.25) is 0 Å². The van der Waals surface area contributed by atoms with Gasteiger partial charge in [0.05, 0.1) is 18.3 Å². The average Bonchev–Trinajstić information content (AvgIpc) is 2.63. The van der Waals surface area contributed by atoms with Gasteiger partial charge in [-0.2, -0.15) is 0 Å². The number of rotatable bonds is 5. The summed E-state index contributed by atoms with van der Waals surface area (Å²) >= 11 is 1.35. The fourth-order valence-electron chi connectivity index (χ4n) is 1.32. The van der Waals surface area contributed by atoms with Crippen molar-refractivity contribution in [3.63, 3.8) is 0 Å². The third-order valence-corrected chi connectivity index (χ3v) is 3.30. The van der Waals surface area contributed by atoms with E-state index >= 15 is 0 Å². The summed E-state index contributed by atoms with van der Waals surface area (Å²) in [6.07, 6.45) is 0. The molecular formula is C11H18N2O2S. The van der Waals surface area contributed by atoms with Crippen LogP contribution in [0.4, 0.5) is 5.69 Å². The van der Waals surface area contributed by atoms with Crippen LogP contribution in [0.25, 0.3) is 0 Å². The van der Waals surface area contributed by atoms with Crippen molar-refractivity contribution in [3.05, 3.63) is 16.3 Å². The molecule has 3 N–H and O–H groups in total. The number of carbonyl (C=O) groups excluding carboxylic acids is 1. The highest BCUT2D eigenvalue weighted by molar-refractivity contribution is 7.12. The maximum absolute atomic E-state index is 11.9. The van der Waals surface area contributed by atoms with E-state index in [0.29, 0.717) is 23.1 Å². The van der Waals surface area contributed by atoms with Crippen molar-refractivity contribution in [3.8, 4) is 0 Å². The molecule has 1 aromatic heterocycles. The van der Waals surface area contributed by atoms with Crippen LogP contribution in [-0.4, -0.2) is 25.7 Å². The minimum Gasteiger partial charge on any atom is -0.397 e. The second-order valence-corrected chi connectivity index (χ2v) is 4.90. The van der Waals surface area contributed by atoms with Gasteiger partial charge in [0.15, 0.2) is 0 Å². The van der Waals surface area contributed by atoms with Crippen LogP contribution in [0.2, 0.25) is 0 Å². The second kappa shape index (κ2) is 5.86. The maximum Gasteiger partial charge on any atom is 0.263 e. The average molecular weight is 242 g/mol. The molecule has 0 spiro atoms. The fourth-order valence-corrected chi connectivity index (χ4v) is 2.04. The van der Waals surface area contributed by atoms with Crippen molar-refractivity contribution in [1.82, 2.24) is 5.32 Å². The summed E-state index contributed by atoms with van der Waals surface area (Å²) in [7, 11) is 1.63. The lowest BCUT2D eigenvalue weighted by Crippen LogP contribution is -2.41. The predicted molar refractivity (Wildman–Crippen MR) is 66.7 cm³/mol. The summed E-state index contributed by atoms with van der Waals surface area (Å²) in [4.78, 5) is 12.5. The second-order valence-electron chi connectivity index (χ2n) is 3.98. The molecule has 0 aromatic carbocycles. The number of carbonyl (C=O) groups is 1. The van der Waals surface area contributed by atoms with E-state index < -0.39 is 0 Å². The molecule has 1 heterocycles. The zero-order valence-electron chi connectivity index (χ0n) is 9.82. The van der Waals surface area contributed by atoms with Crippen LogP contribution >= 0.6 is 11.3 Å². The minimum absolute atomic E-state index is 0.0130. The zero-order valence-corrected chi connectivity index (χ0v) is 10.6. The summed E-state index contributed by atoms with van der Waals surface area (Å²) in [5.41, 5.74) is 6.22. The number of nitrogen functional groups attached to an aromatic ring is 1. The molecule has 5 heteroatoms. The van der Waals surface area contributed by atoms with E-state index in [9.17, 15) is 4.79 Å². The summed E-state index contributed by atoms with van der Waals surface area (Å²) in [6, 6.07) is 1.75. The summed E-state index contributed by atoms with van der Waals surface area (Å²) < 4.78 is 5.07. The number of thiophene rings is 1. The third-order valence-electron chi connectivity index (χ3n) is 2.37. The molecule has 0 saturated carbocycles. The Labute approximate surface area is 99.8 Å². The van der Waals surface area contributed by atoms with E-state index in [1.807, 2.05) is 19.2 Å². The van der Waals surface area contributed by atoms with Crippen LogP contribution in [0.1, 0.15) is 23.5 Å². The number of methoxy groups -OCH3 is 1. The van der Waals surface area contributed by atoms with Crippen molar-refractivity contribution >= 4 is 22.9 Å². The summed E-state index contributed by atoms with van der Waals surface area (Å²) in [5.74, 6) is 0.202. The van der Waals surface area contributed by atoms with Gasteiger partial charge in [-0.3, -0.25) is 4.79 Å². The number of ether oxygens (including phenoxy) is 1. The van der Waals surface area contributed by atoms with Gasteiger partial charge < -0.3 is 15.8 Å². The van der Waals surface area contributed by atoms with E-state index in [2.05, 4.69) is 5.32 Å². The van der Waals surface area contributed by atoms with E-state index in [0.717, 1.165) is 0 Å². The zero-order chi connectivity index (χ0) is 12.1. The number of anilines is 1. The molecule has 0 aliphatic carbocycles. The van der Waals surface area contributed by atoms with Gasteiger partial charge in [-0.05, 0) is 17.4 Å². The molecule has 1 unspecified atom stereocenters. The Morgan fingerprint density at radius 1 is 1.62 bits per heavy atom. The molecule has 0 fully saturated rings. The topological polar surface area (TPSA) is 64.3 Å². The largest absolute Gasteiger partial charge is 0.397 e. The van der Waals surface area contributed by atoms with E-state index in [-0.39, 0.29) is 11.9 Å². The highest BCUT2D eigenvalue weighted by Gasteiger charge is 2.18. The Balaban J connectivity index is 2.65. The first kappa shape index (κ1) is 13.0. The van der Waals surface area contributed by atoms with Gasteiger partial charge in [0.1, 0.15) is 4.88 Å². The van der Waals surface area contributed by atoms with Crippen LogP contribution in [-0.2, 0) is 4.74 Å². The number of amides is 1. The quantitative estimate of drug-likeness (QED) is 0.826. The fraction of sp³-hybridized carbons (Fsp3) is 0.545. The Morgan fingerprint density at radius 2 is 2.31 bits per heavy atom. The van der Waals surface area contributed by atoms with Crippen molar-refractivity contribution in [1.29, 1.82) is 0 Å². The highest BCUT2D eigenvalue weighted by atomic mass is 32.1. The summed E-state index contributed by atoms with van der Waals surface area (Å²) in [5, 5.41) is 4.74. The molecule has 0 bridgehead atoms. The Morgan fingerprint density at radius 3 is 2.75 bits per heavy atom. The van der Waals surface area contributed by atoms with Crippen molar-refractivity contribution < 1.29 is 9.53 Å². The smallest absolute Gasteiger partial charge is 0.263 e. The molecule has 0 saturated heterocycles. The first-order chi connectivity index (χ1) is 7.56. The number of nitrogens with one attached hydrogen (secondary N) is 1. The molecule has 1 atom stereocenters. The van der Waals surface area contributed by atoms with E-state index in [1.54, 1.807) is 13.2 Å². The van der Waals surface area contributed by atoms with Crippen LogP contribution in [0.15, 0.2) is 11.4 Å². The van der Waals surface area contributed by atoms with Gasteiger partial charge in [0.25, 0.3) is 5.91 Å². The molecule has 1 rings (SSSR count). The molecular weight excluding hydrogens is 224 g/mol. The van der Waals surface area contributed by atoms with E-state index in [4.69, 9.17) is 10.5 Å². The van der Waals surface area contributed by atoms with Crippen LogP contribution in [0.5, 0.6) is 0 Å². The molecule has 0 radical (unpaired) electrons. The van der Waals surface area contributed by atoms with Crippen molar-refractivity contribution in [2.45, 2.75) is 19.9 Å². The van der Waals surface area contributed by atoms with Gasteiger partial charge >= 0.3 is 0 Å². The van der Waals surface area contributed by atoms with Crippen LogP contribution in [0, 0.1) is 5.92 Å². The molecule has 0 aliphatic rings. The Kier molecular flexibility index (Phi) is 4.76. The van der Waals surface area contributed by atoms with Crippen LogP contribution in [0.3, 0.4) is 0 Å². The van der Waals surface area contributed by atoms with Gasteiger partial charge in [-0.1, -0.05) is 13.8 Å². The Bertz CT molecular complexity index is 350. The van der Waals surface area contributed by atoms with Crippen molar-refractivity contribution in [2.24, 2.45) is 5.92 Å². The molecule has 16 heavy (non-hydrogen) atoms. The number of nitrogens with two attached hydrogens (primary N) is 1. The normalized spacial score (nSPS) is 12.8. The van der Waals surface area contributed by atoms with Gasteiger partial charge in [-0.25, -0.2) is 0 Å². The van der Waals surface area contributed by atoms with Crippen LogP contribution < -0.4 is 11.1 Å². The predicted octanol–water partition coefficient (Wildman–Crippen LogP) is 1.73.